The Morgan fingerprint density at radius 3 is 2.50 bits per heavy atom. The summed E-state index contributed by atoms with van der Waals surface area (Å²) < 4.78 is 6.66. The van der Waals surface area contributed by atoms with Crippen LogP contribution in [0, 0.1) is 6.92 Å². The number of aryl methyl sites for hydroxylation is 1. The average Bonchev–Trinajstić information content (AvgIpc) is 3.19. The minimum Gasteiger partial charge on any atom is -0.378 e. The Bertz CT molecular complexity index is 1160. The van der Waals surface area contributed by atoms with Crippen molar-refractivity contribution in [3.63, 3.8) is 0 Å². The molecule has 2 aliphatic rings. The zero-order valence-corrected chi connectivity index (χ0v) is 20.0. The highest BCUT2D eigenvalue weighted by atomic mass is 32.1. The van der Waals surface area contributed by atoms with Crippen molar-refractivity contribution in [3.05, 3.63) is 22.8 Å². The lowest BCUT2D eigenvalue weighted by Gasteiger charge is -2.35. The quantitative estimate of drug-likeness (QED) is 0.473. The molecule has 11 nitrogen and oxygen atoms in total. The molecule has 2 fully saturated rings. The van der Waals surface area contributed by atoms with Crippen molar-refractivity contribution < 1.29 is 9.53 Å². The van der Waals surface area contributed by atoms with Crippen LogP contribution in [0.25, 0.3) is 21.6 Å². The second-order valence-corrected chi connectivity index (χ2v) is 9.67. The predicted molar refractivity (Wildman–Crippen MR) is 132 cm³/mol. The molecule has 2 saturated heterocycles. The molecule has 1 unspecified atom stereocenters. The number of aromatic nitrogens is 4. The number of nitrogen functional groups attached to an aromatic ring is 1. The van der Waals surface area contributed by atoms with Crippen LogP contribution in [0.2, 0.25) is 0 Å². The molecule has 12 heteroatoms. The van der Waals surface area contributed by atoms with E-state index in [0.29, 0.717) is 19.0 Å². The number of anilines is 2. The Kier molecular flexibility index (Phi) is 6.66. The molecule has 2 aliphatic heterocycles. The van der Waals surface area contributed by atoms with Gasteiger partial charge in [0.15, 0.2) is 17.9 Å². The Hall–Kier alpha value is -2.77. The molecule has 5 rings (SSSR count). The van der Waals surface area contributed by atoms with E-state index in [9.17, 15) is 4.79 Å². The smallest absolute Gasteiger partial charge is 0.219 e. The van der Waals surface area contributed by atoms with Crippen LogP contribution >= 0.6 is 11.3 Å². The lowest BCUT2D eigenvalue weighted by atomic mass is 10.2. The molecule has 1 atom stereocenters. The number of aldehydes is 1. The number of thiophene rings is 1. The molecule has 0 aromatic carbocycles. The van der Waals surface area contributed by atoms with Gasteiger partial charge in [-0.1, -0.05) is 0 Å². The van der Waals surface area contributed by atoms with E-state index in [-0.39, 0.29) is 5.95 Å². The predicted octanol–water partition coefficient (Wildman–Crippen LogP) is 0.477. The molecular formula is C22H29N9O2S. The number of hydrogen-bond acceptors (Lipinski definition) is 12. The summed E-state index contributed by atoms with van der Waals surface area (Å²) >= 11 is 1.76. The first kappa shape index (κ1) is 23.0. The molecule has 0 aliphatic carbocycles. The largest absolute Gasteiger partial charge is 0.378 e. The van der Waals surface area contributed by atoms with Gasteiger partial charge in [-0.2, -0.15) is 0 Å². The average molecular weight is 484 g/mol. The van der Waals surface area contributed by atoms with E-state index in [2.05, 4.69) is 26.7 Å². The van der Waals surface area contributed by atoms with Gasteiger partial charge in [-0.15, -0.1) is 11.3 Å². The third kappa shape index (κ3) is 4.59. The SMILES string of the molecule is Cc1c(CN2CCN(C(N)C=O)CC2)sc2c(N3CCOCC3)nc(-c3cnc(N)nc3)nc12. The molecular weight excluding hydrogens is 454 g/mol. The number of rotatable bonds is 6. The van der Waals surface area contributed by atoms with Crippen molar-refractivity contribution in [2.75, 3.05) is 63.1 Å². The Morgan fingerprint density at radius 2 is 1.82 bits per heavy atom. The van der Waals surface area contributed by atoms with Crippen molar-refractivity contribution in [1.29, 1.82) is 0 Å². The minimum absolute atomic E-state index is 0.224. The zero-order valence-electron chi connectivity index (χ0n) is 19.2. The first-order chi connectivity index (χ1) is 16.5. The maximum atomic E-state index is 11.0. The minimum atomic E-state index is -0.518. The summed E-state index contributed by atoms with van der Waals surface area (Å²) in [5, 5.41) is 0. The molecule has 0 bridgehead atoms. The maximum absolute atomic E-state index is 11.0. The van der Waals surface area contributed by atoms with Gasteiger partial charge in [0.1, 0.15) is 6.17 Å². The van der Waals surface area contributed by atoms with Crippen LogP contribution in [0.4, 0.5) is 11.8 Å². The third-order valence-corrected chi connectivity index (χ3v) is 7.68. The summed E-state index contributed by atoms with van der Waals surface area (Å²) in [6.07, 6.45) is 3.62. The fourth-order valence-corrected chi connectivity index (χ4v) is 5.66. The number of carbonyl (C=O) groups is 1. The topological polar surface area (TPSA) is 140 Å². The van der Waals surface area contributed by atoms with Gasteiger partial charge in [0, 0.05) is 63.1 Å². The van der Waals surface area contributed by atoms with Gasteiger partial charge in [0.05, 0.1) is 29.0 Å². The monoisotopic (exact) mass is 483 g/mol. The van der Waals surface area contributed by atoms with Crippen LogP contribution in [0.5, 0.6) is 0 Å². The van der Waals surface area contributed by atoms with Crippen molar-refractivity contribution >= 4 is 39.6 Å². The van der Waals surface area contributed by atoms with E-state index >= 15 is 0 Å². The Morgan fingerprint density at radius 1 is 1.12 bits per heavy atom. The molecule has 0 spiro atoms. The van der Waals surface area contributed by atoms with E-state index in [1.165, 1.54) is 10.4 Å². The number of fused-ring (bicyclic) bond motifs is 1. The number of hydrogen-bond donors (Lipinski definition) is 2. The number of morpholine rings is 1. The molecule has 5 heterocycles. The lowest BCUT2D eigenvalue weighted by Crippen LogP contribution is -2.53. The van der Waals surface area contributed by atoms with Gasteiger partial charge >= 0.3 is 0 Å². The van der Waals surface area contributed by atoms with Crippen molar-refractivity contribution in [2.45, 2.75) is 19.6 Å². The summed E-state index contributed by atoms with van der Waals surface area (Å²) in [5.74, 6) is 1.75. The summed E-state index contributed by atoms with van der Waals surface area (Å²) in [7, 11) is 0. The fourth-order valence-electron chi connectivity index (χ4n) is 4.35. The summed E-state index contributed by atoms with van der Waals surface area (Å²) in [5.41, 5.74) is 14.4. The molecule has 3 aromatic heterocycles. The lowest BCUT2D eigenvalue weighted by molar-refractivity contribution is -0.113. The zero-order chi connectivity index (χ0) is 23.7. The second-order valence-electron chi connectivity index (χ2n) is 8.57. The number of ether oxygens (including phenoxy) is 1. The van der Waals surface area contributed by atoms with Gasteiger partial charge < -0.3 is 25.9 Å². The highest BCUT2D eigenvalue weighted by Gasteiger charge is 2.25. The van der Waals surface area contributed by atoms with Crippen molar-refractivity contribution in [3.8, 4) is 11.4 Å². The highest BCUT2D eigenvalue weighted by molar-refractivity contribution is 7.19. The Balaban J connectivity index is 1.48. The van der Waals surface area contributed by atoms with E-state index in [1.807, 2.05) is 4.90 Å². The first-order valence-corrected chi connectivity index (χ1v) is 12.2. The van der Waals surface area contributed by atoms with E-state index < -0.39 is 6.17 Å². The first-order valence-electron chi connectivity index (χ1n) is 11.4. The molecule has 4 N–H and O–H groups in total. The van der Waals surface area contributed by atoms with E-state index in [1.54, 1.807) is 23.7 Å². The number of nitrogens with two attached hydrogens (primary N) is 2. The molecule has 180 valence electrons. The Labute approximate surface area is 201 Å². The molecule has 0 saturated carbocycles. The molecule has 0 amide bonds. The van der Waals surface area contributed by atoms with Crippen molar-refractivity contribution in [1.82, 2.24) is 29.7 Å². The second kappa shape index (κ2) is 9.84. The van der Waals surface area contributed by atoms with Gasteiger partial charge in [0.2, 0.25) is 5.95 Å². The van der Waals surface area contributed by atoms with Crippen LogP contribution in [-0.2, 0) is 16.1 Å². The normalized spacial score (nSPS) is 18.9. The summed E-state index contributed by atoms with van der Waals surface area (Å²) in [6, 6.07) is 0. The van der Waals surface area contributed by atoms with E-state index in [0.717, 1.165) is 73.7 Å². The van der Waals surface area contributed by atoms with Gasteiger partial charge in [-0.25, -0.2) is 19.9 Å². The fraction of sp³-hybridized carbons (Fsp3) is 0.500. The molecule has 0 radical (unpaired) electrons. The third-order valence-electron chi connectivity index (χ3n) is 6.42. The number of carbonyl (C=O) groups excluding carboxylic acids is 1. The number of nitrogens with zero attached hydrogens (tertiary/aromatic N) is 7. The van der Waals surface area contributed by atoms with Crippen LogP contribution in [0.1, 0.15) is 10.4 Å². The van der Waals surface area contributed by atoms with Crippen LogP contribution < -0.4 is 16.4 Å². The summed E-state index contributed by atoms with van der Waals surface area (Å²) in [6.45, 7) is 9.19. The standard InChI is InChI=1S/C22H29N9O2S/c1-14-16(12-29-2-4-30(5-3-29)17(23)13-32)34-19-18(14)27-20(15-10-25-22(24)26-11-15)28-21(19)31-6-8-33-9-7-31/h10-11,13,17H,2-9,12,23H2,1H3,(H2,24,25,26). The highest BCUT2D eigenvalue weighted by Crippen LogP contribution is 2.38. The molecule has 34 heavy (non-hydrogen) atoms. The van der Waals surface area contributed by atoms with Gasteiger partial charge in [-0.3, -0.25) is 9.80 Å². The van der Waals surface area contributed by atoms with Crippen LogP contribution in [0.15, 0.2) is 12.4 Å². The molecule has 3 aromatic rings. The van der Waals surface area contributed by atoms with Gasteiger partial charge in [-0.05, 0) is 12.5 Å². The van der Waals surface area contributed by atoms with Crippen molar-refractivity contribution in [2.24, 2.45) is 5.73 Å². The summed E-state index contributed by atoms with van der Waals surface area (Å²) in [4.78, 5) is 37.1. The van der Waals surface area contributed by atoms with E-state index in [4.69, 9.17) is 26.2 Å². The number of piperazine rings is 1. The maximum Gasteiger partial charge on any atom is 0.219 e. The van der Waals surface area contributed by atoms with Gasteiger partial charge in [0.25, 0.3) is 0 Å². The van der Waals surface area contributed by atoms with Crippen LogP contribution in [-0.4, -0.2) is 94.7 Å². The van der Waals surface area contributed by atoms with Crippen LogP contribution in [0.3, 0.4) is 0 Å².